The molecule has 0 unspecified atom stereocenters. The first-order valence-corrected chi connectivity index (χ1v) is 11.3. The van der Waals surface area contributed by atoms with E-state index in [2.05, 4.69) is 34.5 Å². The smallest absolute Gasteiger partial charge is 0.241 e. The van der Waals surface area contributed by atoms with E-state index in [1.807, 2.05) is 24.3 Å². The first kappa shape index (κ1) is 20.2. The summed E-state index contributed by atoms with van der Waals surface area (Å²) in [7, 11) is -2.17. The molecule has 0 radical (unpaired) electrons. The van der Waals surface area contributed by atoms with Gasteiger partial charge in [-0.15, -0.1) is 0 Å². The molecule has 7 heteroatoms. The van der Waals surface area contributed by atoms with Crippen molar-refractivity contribution < 1.29 is 17.9 Å². The van der Waals surface area contributed by atoms with Gasteiger partial charge in [-0.2, -0.15) is 0 Å². The van der Waals surface area contributed by atoms with Crippen LogP contribution < -0.4 is 14.2 Å². The maximum absolute atomic E-state index is 13.0. The highest BCUT2D eigenvalue weighted by atomic mass is 79.9. The molecule has 0 aliphatic carbocycles. The van der Waals surface area contributed by atoms with Gasteiger partial charge in [0.15, 0.2) is 0 Å². The van der Waals surface area contributed by atoms with E-state index in [9.17, 15) is 8.42 Å². The molecule has 27 heavy (non-hydrogen) atoms. The molecule has 0 spiro atoms. The van der Waals surface area contributed by atoms with Crippen LogP contribution >= 0.6 is 15.9 Å². The molecule has 5 nitrogen and oxygen atoms in total. The molecule has 0 amide bonds. The topological polar surface area (TPSA) is 64.6 Å². The van der Waals surface area contributed by atoms with E-state index in [1.54, 1.807) is 25.3 Å². The molecular weight excluding hydrogens is 430 g/mol. The Hall–Kier alpha value is -1.57. The number of hydrogen-bond acceptors (Lipinski definition) is 4. The van der Waals surface area contributed by atoms with Gasteiger partial charge >= 0.3 is 0 Å². The average molecular weight is 454 g/mol. The minimum absolute atomic E-state index is 0.192. The minimum Gasteiger partial charge on any atom is -0.496 e. The number of ether oxygens (including phenoxy) is 2. The Morgan fingerprint density at radius 1 is 1.22 bits per heavy atom. The number of halogens is 1. The van der Waals surface area contributed by atoms with Crippen molar-refractivity contribution in [3.8, 4) is 11.5 Å². The summed E-state index contributed by atoms with van der Waals surface area (Å²) < 4.78 is 41.0. The van der Waals surface area contributed by atoms with Gasteiger partial charge in [0.25, 0.3) is 0 Å². The lowest BCUT2D eigenvalue weighted by atomic mass is 9.84. The van der Waals surface area contributed by atoms with Gasteiger partial charge in [0.1, 0.15) is 17.1 Å². The zero-order valence-corrected chi connectivity index (χ0v) is 18.1. The van der Waals surface area contributed by atoms with Crippen molar-refractivity contribution in [2.75, 3.05) is 7.11 Å². The minimum atomic E-state index is -3.71. The van der Waals surface area contributed by atoms with Crippen molar-refractivity contribution >= 4 is 26.0 Å². The predicted octanol–water partition coefficient (Wildman–Crippen LogP) is 4.82. The van der Waals surface area contributed by atoms with Gasteiger partial charge in [-0.1, -0.05) is 32.0 Å². The summed E-state index contributed by atoms with van der Waals surface area (Å²) in [6, 6.07) is 12.0. The van der Waals surface area contributed by atoms with E-state index in [0.29, 0.717) is 16.6 Å². The fourth-order valence-electron chi connectivity index (χ4n) is 3.48. The molecule has 2 aromatic rings. The Bertz CT molecular complexity index is 925. The number of fused-ring (bicyclic) bond motifs is 1. The Balaban J connectivity index is 1.96. The normalized spacial score (nSPS) is 18.4. The van der Waals surface area contributed by atoms with E-state index < -0.39 is 10.0 Å². The van der Waals surface area contributed by atoms with Gasteiger partial charge < -0.3 is 9.47 Å². The molecule has 1 N–H and O–H groups in total. The van der Waals surface area contributed by atoms with Crippen LogP contribution in [0.3, 0.4) is 0 Å². The van der Waals surface area contributed by atoms with Crippen LogP contribution in [0.15, 0.2) is 51.8 Å². The Labute approximate surface area is 169 Å². The van der Waals surface area contributed by atoms with Crippen molar-refractivity contribution in [3.63, 3.8) is 0 Å². The molecule has 0 saturated carbocycles. The second kappa shape index (κ2) is 7.81. The quantitative estimate of drug-likeness (QED) is 0.680. The lowest BCUT2D eigenvalue weighted by molar-refractivity contribution is 0.0260. The average Bonchev–Trinajstić information content (AvgIpc) is 2.67. The summed E-state index contributed by atoms with van der Waals surface area (Å²) in [5.74, 6) is 1.33. The summed E-state index contributed by atoms with van der Waals surface area (Å²) in [4.78, 5) is 0.192. The summed E-state index contributed by atoms with van der Waals surface area (Å²) in [6.45, 7) is 4.15. The number of nitrogens with one attached hydrogen (secondary N) is 1. The highest BCUT2D eigenvalue weighted by Gasteiger charge is 2.40. The second-order valence-corrected chi connectivity index (χ2v) is 9.27. The Morgan fingerprint density at radius 2 is 1.93 bits per heavy atom. The van der Waals surface area contributed by atoms with Gasteiger partial charge in [0.05, 0.1) is 22.5 Å². The van der Waals surface area contributed by atoms with Crippen molar-refractivity contribution in [2.24, 2.45) is 0 Å². The summed E-state index contributed by atoms with van der Waals surface area (Å²) in [6.07, 6.45) is 2.21. The van der Waals surface area contributed by atoms with Crippen LogP contribution in [0.5, 0.6) is 11.5 Å². The molecule has 3 rings (SSSR count). The monoisotopic (exact) mass is 453 g/mol. The number of methoxy groups -OCH3 is 1. The summed E-state index contributed by atoms with van der Waals surface area (Å²) >= 11 is 3.35. The predicted molar refractivity (Wildman–Crippen MR) is 109 cm³/mol. The molecule has 0 saturated heterocycles. The lowest BCUT2D eigenvalue weighted by Crippen LogP contribution is -2.44. The molecule has 2 aromatic carbocycles. The molecular formula is C20H24BrNO4S. The van der Waals surface area contributed by atoms with Crippen LogP contribution in [-0.4, -0.2) is 21.1 Å². The molecule has 1 atom stereocenters. The largest absolute Gasteiger partial charge is 0.496 e. The van der Waals surface area contributed by atoms with Gasteiger partial charge in [-0.05, 0) is 53.0 Å². The molecule has 0 aromatic heterocycles. The van der Waals surface area contributed by atoms with Crippen LogP contribution in [-0.2, 0) is 10.0 Å². The molecule has 0 fully saturated rings. The van der Waals surface area contributed by atoms with E-state index in [4.69, 9.17) is 9.47 Å². The van der Waals surface area contributed by atoms with Crippen LogP contribution in [0.4, 0.5) is 0 Å². The van der Waals surface area contributed by atoms with E-state index in [-0.39, 0.29) is 16.5 Å². The van der Waals surface area contributed by atoms with Gasteiger partial charge in [0.2, 0.25) is 10.0 Å². The van der Waals surface area contributed by atoms with E-state index in [0.717, 1.165) is 24.2 Å². The number of benzene rings is 2. The SMILES string of the molecule is CCC1(CC)C[C@H](NS(=O)(=O)c2ccc(OC)c(Br)c2)c2ccccc2O1. The Morgan fingerprint density at radius 3 is 2.56 bits per heavy atom. The zero-order chi connectivity index (χ0) is 19.7. The van der Waals surface area contributed by atoms with Gasteiger partial charge in [0, 0.05) is 12.0 Å². The maximum Gasteiger partial charge on any atom is 0.241 e. The van der Waals surface area contributed by atoms with Crippen molar-refractivity contribution in [1.82, 2.24) is 4.72 Å². The lowest BCUT2D eigenvalue weighted by Gasteiger charge is -2.41. The number of rotatable bonds is 6. The molecule has 0 bridgehead atoms. The zero-order valence-electron chi connectivity index (χ0n) is 15.7. The fraction of sp³-hybridized carbons (Fsp3) is 0.400. The Kier molecular flexibility index (Phi) is 5.84. The highest BCUT2D eigenvalue weighted by Crippen LogP contribution is 2.43. The first-order chi connectivity index (χ1) is 12.8. The van der Waals surface area contributed by atoms with E-state index in [1.165, 1.54) is 0 Å². The van der Waals surface area contributed by atoms with E-state index >= 15 is 0 Å². The maximum atomic E-state index is 13.0. The standard InChI is InChI=1S/C20H24BrNO4S/c1-4-20(5-2)13-17(15-8-6-7-9-18(15)26-20)22-27(23,24)14-10-11-19(25-3)16(21)12-14/h6-12,17,22H,4-5,13H2,1-3H3/t17-/m0/s1. The third kappa shape index (κ3) is 4.00. The number of hydrogen-bond donors (Lipinski definition) is 1. The second-order valence-electron chi connectivity index (χ2n) is 6.70. The van der Waals surface area contributed by atoms with Crippen molar-refractivity contribution in [1.29, 1.82) is 0 Å². The van der Waals surface area contributed by atoms with Crippen LogP contribution in [0.1, 0.15) is 44.7 Å². The molecule has 1 aliphatic heterocycles. The van der Waals surface area contributed by atoms with Crippen molar-refractivity contribution in [2.45, 2.75) is 49.6 Å². The summed E-state index contributed by atoms with van der Waals surface area (Å²) in [5, 5.41) is 0. The summed E-state index contributed by atoms with van der Waals surface area (Å²) in [5.41, 5.74) is 0.494. The number of sulfonamides is 1. The third-order valence-corrected chi connectivity index (χ3v) is 7.31. The number of para-hydroxylation sites is 1. The highest BCUT2D eigenvalue weighted by molar-refractivity contribution is 9.10. The fourth-order valence-corrected chi connectivity index (χ4v) is 5.41. The first-order valence-electron chi connectivity index (χ1n) is 8.98. The molecule has 1 heterocycles. The third-order valence-electron chi connectivity index (χ3n) is 5.22. The molecule has 1 aliphatic rings. The van der Waals surface area contributed by atoms with Crippen LogP contribution in [0.25, 0.3) is 0 Å². The van der Waals surface area contributed by atoms with Gasteiger partial charge in [-0.25, -0.2) is 13.1 Å². The molecule has 146 valence electrons. The van der Waals surface area contributed by atoms with Crippen LogP contribution in [0, 0.1) is 0 Å². The van der Waals surface area contributed by atoms with Crippen LogP contribution in [0.2, 0.25) is 0 Å². The van der Waals surface area contributed by atoms with Crippen molar-refractivity contribution in [3.05, 3.63) is 52.5 Å². The van der Waals surface area contributed by atoms with Gasteiger partial charge in [-0.3, -0.25) is 0 Å².